The molecule has 3 rings (SSSR count). The second kappa shape index (κ2) is 8.23. The van der Waals surface area contributed by atoms with Crippen molar-refractivity contribution in [2.45, 2.75) is 57.5 Å². The minimum atomic E-state index is -0.310. The molecule has 3 amide bonds. The minimum absolute atomic E-state index is 0.146. The summed E-state index contributed by atoms with van der Waals surface area (Å²) in [6.07, 6.45) is 7.52. The number of amides is 3. The fraction of sp³-hybridized carbons (Fsp3) is 0.579. The van der Waals surface area contributed by atoms with Gasteiger partial charge in [-0.3, -0.25) is 0 Å². The predicted molar refractivity (Wildman–Crippen MR) is 96.6 cm³/mol. The van der Waals surface area contributed by atoms with Crippen molar-refractivity contribution < 1.29 is 14.3 Å². The van der Waals surface area contributed by atoms with Gasteiger partial charge in [0.25, 0.3) is 0 Å². The third-order valence-electron chi connectivity index (χ3n) is 5.10. The maximum absolute atomic E-state index is 12.3. The van der Waals surface area contributed by atoms with E-state index in [2.05, 4.69) is 10.6 Å². The van der Waals surface area contributed by atoms with Crippen LogP contribution >= 0.6 is 0 Å². The van der Waals surface area contributed by atoms with Crippen molar-refractivity contribution in [1.82, 2.24) is 10.2 Å². The van der Waals surface area contributed by atoms with E-state index >= 15 is 0 Å². The number of ether oxygens (including phenoxy) is 1. The number of hydrogen-bond donors (Lipinski definition) is 2. The van der Waals surface area contributed by atoms with Crippen LogP contribution in [0, 0.1) is 0 Å². The van der Waals surface area contributed by atoms with E-state index in [0.717, 1.165) is 30.5 Å². The number of hydrogen-bond acceptors (Lipinski definition) is 3. The van der Waals surface area contributed by atoms with Gasteiger partial charge >= 0.3 is 12.1 Å². The predicted octanol–water partition coefficient (Wildman–Crippen LogP) is 3.66. The van der Waals surface area contributed by atoms with Crippen LogP contribution in [0.4, 0.5) is 15.3 Å². The number of methoxy groups -OCH3 is 1. The van der Waals surface area contributed by atoms with Crippen LogP contribution in [0.2, 0.25) is 0 Å². The number of urea groups is 1. The summed E-state index contributed by atoms with van der Waals surface area (Å²) in [5.41, 5.74) is 3.04. The van der Waals surface area contributed by atoms with Gasteiger partial charge in [-0.25, -0.2) is 9.59 Å². The quantitative estimate of drug-likeness (QED) is 0.804. The third kappa shape index (κ3) is 4.65. The highest BCUT2D eigenvalue weighted by Gasteiger charge is 2.21. The summed E-state index contributed by atoms with van der Waals surface area (Å²) in [6.45, 7) is 1.18. The molecule has 0 unspecified atom stereocenters. The summed E-state index contributed by atoms with van der Waals surface area (Å²) in [5.74, 6) is 0. The van der Waals surface area contributed by atoms with Gasteiger partial charge in [0.2, 0.25) is 0 Å². The number of carbonyl (C=O) groups excluding carboxylic acids is 2. The van der Waals surface area contributed by atoms with Crippen LogP contribution in [0.5, 0.6) is 0 Å². The highest BCUT2D eigenvalue weighted by molar-refractivity contribution is 5.89. The van der Waals surface area contributed by atoms with Crippen LogP contribution in [0.25, 0.3) is 0 Å². The van der Waals surface area contributed by atoms with Crippen molar-refractivity contribution in [3.63, 3.8) is 0 Å². The standard InChI is InChI=1S/C19H27N3O3/c1-25-19(24)22-11-10-14-8-9-17(12-15(14)13-22)21-18(23)20-16-6-4-2-3-5-7-16/h8-9,12,16H,2-7,10-11,13H2,1H3,(H2,20,21,23). The number of rotatable bonds is 2. The first-order chi connectivity index (χ1) is 12.2. The third-order valence-corrected chi connectivity index (χ3v) is 5.10. The number of nitrogens with zero attached hydrogens (tertiary/aromatic N) is 1. The molecule has 136 valence electrons. The van der Waals surface area contributed by atoms with E-state index in [9.17, 15) is 9.59 Å². The van der Waals surface area contributed by atoms with Crippen LogP contribution in [-0.4, -0.2) is 36.7 Å². The molecule has 0 saturated heterocycles. The fourth-order valence-corrected chi connectivity index (χ4v) is 3.70. The average molecular weight is 345 g/mol. The summed E-state index contributed by atoms with van der Waals surface area (Å²) in [5, 5.41) is 6.02. The Balaban J connectivity index is 1.60. The molecule has 1 heterocycles. The van der Waals surface area contributed by atoms with E-state index in [4.69, 9.17) is 4.74 Å². The second-order valence-electron chi connectivity index (χ2n) is 6.91. The van der Waals surface area contributed by atoms with Crippen molar-refractivity contribution in [3.05, 3.63) is 29.3 Å². The van der Waals surface area contributed by atoms with Gasteiger partial charge in [0.15, 0.2) is 0 Å². The second-order valence-corrected chi connectivity index (χ2v) is 6.91. The Kier molecular flexibility index (Phi) is 5.79. The Morgan fingerprint density at radius 1 is 1.12 bits per heavy atom. The zero-order chi connectivity index (χ0) is 17.6. The molecule has 1 aromatic carbocycles. The van der Waals surface area contributed by atoms with Gasteiger partial charge in [0.1, 0.15) is 0 Å². The lowest BCUT2D eigenvalue weighted by atomic mass is 9.99. The number of fused-ring (bicyclic) bond motifs is 1. The zero-order valence-corrected chi connectivity index (χ0v) is 14.8. The Hall–Kier alpha value is -2.24. The van der Waals surface area contributed by atoms with E-state index in [1.54, 1.807) is 4.90 Å². The van der Waals surface area contributed by atoms with Gasteiger partial charge in [-0.1, -0.05) is 31.7 Å². The Morgan fingerprint density at radius 3 is 2.60 bits per heavy atom. The molecular weight excluding hydrogens is 318 g/mol. The largest absolute Gasteiger partial charge is 0.453 e. The molecule has 6 heteroatoms. The van der Waals surface area contributed by atoms with Crippen molar-refractivity contribution in [2.75, 3.05) is 19.0 Å². The maximum atomic E-state index is 12.3. The van der Waals surface area contributed by atoms with Crippen molar-refractivity contribution in [1.29, 1.82) is 0 Å². The molecule has 0 atom stereocenters. The molecule has 0 aromatic heterocycles. The van der Waals surface area contributed by atoms with E-state index in [-0.39, 0.29) is 18.2 Å². The molecule has 0 bridgehead atoms. The summed E-state index contributed by atoms with van der Waals surface area (Å²) in [6, 6.07) is 6.05. The highest BCUT2D eigenvalue weighted by Crippen LogP contribution is 2.23. The van der Waals surface area contributed by atoms with Crippen LogP contribution in [-0.2, 0) is 17.7 Å². The van der Waals surface area contributed by atoms with E-state index in [0.29, 0.717) is 13.1 Å². The molecule has 0 spiro atoms. The number of nitrogens with one attached hydrogen (secondary N) is 2. The molecule has 6 nitrogen and oxygen atoms in total. The van der Waals surface area contributed by atoms with E-state index < -0.39 is 0 Å². The molecule has 1 aliphatic carbocycles. The number of anilines is 1. The first-order valence-corrected chi connectivity index (χ1v) is 9.18. The summed E-state index contributed by atoms with van der Waals surface area (Å²) in [4.78, 5) is 25.7. The van der Waals surface area contributed by atoms with Crippen molar-refractivity contribution >= 4 is 17.8 Å². The molecule has 1 fully saturated rings. The Bertz CT molecular complexity index is 624. The van der Waals surface area contributed by atoms with Gasteiger partial charge in [0.05, 0.1) is 7.11 Å². The van der Waals surface area contributed by atoms with Crippen LogP contribution in [0.1, 0.15) is 49.7 Å². The molecule has 1 aliphatic heterocycles. The fourth-order valence-electron chi connectivity index (χ4n) is 3.70. The van der Waals surface area contributed by atoms with Crippen LogP contribution in [0.3, 0.4) is 0 Å². The van der Waals surface area contributed by atoms with E-state index in [1.165, 1.54) is 38.4 Å². The lowest BCUT2D eigenvalue weighted by Gasteiger charge is -2.28. The lowest BCUT2D eigenvalue weighted by molar-refractivity contribution is 0.118. The topological polar surface area (TPSA) is 70.7 Å². The van der Waals surface area contributed by atoms with Crippen LogP contribution in [0.15, 0.2) is 18.2 Å². The molecule has 2 N–H and O–H groups in total. The van der Waals surface area contributed by atoms with Gasteiger partial charge in [-0.2, -0.15) is 0 Å². The molecular formula is C19H27N3O3. The molecule has 1 saturated carbocycles. The highest BCUT2D eigenvalue weighted by atomic mass is 16.5. The van der Waals surface area contributed by atoms with Gasteiger partial charge < -0.3 is 20.3 Å². The first-order valence-electron chi connectivity index (χ1n) is 9.18. The van der Waals surface area contributed by atoms with Gasteiger partial charge in [-0.05, 0) is 42.5 Å². The minimum Gasteiger partial charge on any atom is -0.453 e. The van der Waals surface area contributed by atoms with Gasteiger partial charge in [0, 0.05) is 24.8 Å². The first kappa shape index (κ1) is 17.6. The van der Waals surface area contributed by atoms with E-state index in [1.807, 2.05) is 18.2 Å². The Labute approximate surface area is 148 Å². The van der Waals surface area contributed by atoms with Gasteiger partial charge in [-0.15, -0.1) is 0 Å². The summed E-state index contributed by atoms with van der Waals surface area (Å²) < 4.78 is 4.80. The number of carbonyl (C=O) groups is 2. The monoisotopic (exact) mass is 345 g/mol. The van der Waals surface area contributed by atoms with Crippen LogP contribution < -0.4 is 10.6 Å². The molecule has 25 heavy (non-hydrogen) atoms. The van der Waals surface area contributed by atoms with Crippen molar-refractivity contribution in [2.24, 2.45) is 0 Å². The SMILES string of the molecule is COC(=O)N1CCc2ccc(NC(=O)NC3CCCCCC3)cc2C1. The number of benzene rings is 1. The zero-order valence-electron chi connectivity index (χ0n) is 14.8. The van der Waals surface area contributed by atoms with Crippen molar-refractivity contribution in [3.8, 4) is 0 Å². The molecule has 0 radical (unpaired) electrons. The smallest absolute Gasteiger partial charge is 0.409 e. The normalized spacial score (nSPS) is 18.0. The molecule has 2 aliphatic rings. The lowest BCUT2D eigenvalue weighted by Crippen LogP contribution is -2.38. The molecule has 1 aromatic rings. The summed E-state index contributed by atoms with van der Waals surface area (Å²) in [7, 11) is 1.40. The maximum Gasteiger partial charge on any atom is 0.409 e. The average Bonchev–Trinajstić information content (AvgIpc) is 2.89. The Morgan fingerprint density at radius 2 is 1.88 bits per heavy atom. The summed E-state index contributed by atoms with van der Waals surface area (Å²) >= 11 is 0.